The number of aryl methyl sites for hydroxylation is 1. The first-order valence-electron chi connectivity index (χ1n) is 9.87. The van der Waals surface area contributed by atoms with E-state index in [0.717, 1.165) is 50.5 Å². The Kier molecular flexibility index (Phi) is 5.71. The summed E-state index contributed by atoms with van der Waals surface area (Å²) in [4.78, 5) is 19.8. The van der Waals surface area contributed by atoms with Gasteiger partial charge in [-0.15, -0.1) is 0 Å². The highest BCUT2D eigenvalue weighted by molar-refractivity contribution is 6.30. The van der Waals surface area contributed by atoms with Crippen LogP contribution in [0.5, 0.6) is 0 Å². The van der Waals surface area contributed by atoms with Gasteiger partial charge < -0.3 is 14.6 Å². The summed E-state index contributed by atoms with van der Waals surface area (Å²) in [5, 5.41) is 3.87. The lowest BCUT2D eigenvalue weighted by atomic mass is 9.73. The average molecular weight is 403 g/mol. The third kappa shape index (κ3) is 4.24. The molecule has 3 heterocycles. The van der Waals surface area contributed by atoms with Crippen molar-refractivity contribution in [2.75, 3.05) is 26.2 Å². The van der Waals surface area contributed by atoms with Crippen LogP contribution in [0, 0.1) is 5.41 Å². The Bertz CT molecular complexity index is 808. The number of likely N-dealkylation sites (tertiary alicyclic amines) is 1. The van der Waals surface area contributed by atoms with E-state index in [1.807, 2.05) is 48.3 Å². The lowest BCUT2D eigenvalue weighted by Crippen LogP contribution is -2.64. The number of carbonyl (C=O) groups excluding carboxylic acids is 1. The Morgan fingerprint density at radius 1 is 1.36 bits per heavy atom. The van der Waals surface area contributed by atoms with Gasteiger partial charge in [-0.2, -0.15) is 0 Å². The number of amides is 1. The fourth-order valence-corrected chi connectivity index (χ4v) is 4.32. The maximum Gasteiger partial charge on any atom is 0.229 e. The Labute approximate surface area is 170 Å². The Hall–Kier alpha value is -1.89. The van der Waals surface area contributed by atoms with Crippen LogP contribution in [0.25, 0.3) is 0 Å². The summed E-state index contributed by atoms with van der Waals surface area (Å²) in [6.07, 6.45) is 6.72. The number of aromatic nitrogens is 2. The highest BCUT2D eigenvalue weighted by atomic mass is 35.5. The molecule has 0 saturated carbocycles. The molecule has 1 atom stereocenters. The first kappa shape index (κ1) is 19.4. The molecule has 1 N–H and O–H groups in total. The molecule has 6 nitrogen and oxygen atoms in total. The van der Waals surface area contributed by atoms with Crippen molar-refractivity contribution >= 4 is 17.5 Å². The van der Waals surface area contributed by atoms with Gasteiger partial charge in [-0.05, 0) is 37.0 Å². The summed E-state index contributed by atoms with van der Waals surface area (Å²) < 4.78 is 7.68. The van der Waals surface area contributed by atoms with Gasteiger partial charge in [0.1, 0.15) is 5.82 Å². The average Bonchev–Trinajstić information content (AvgIpc) is 3.31. The molecule has 1 unspecified atom stereocenters. The van der Waals surface area contributed by atoms with Crippen molar-refractivity contribution in [3.8, 4) is 0 Å². The smallest absolute Gasteiger partial charge is 0.229 e. The van der Waals surface area contributed by atoms with E-state index in [2.05, 4.69) is 15.2 Å². The standard InChI is InChI=1S/C21H27ClN4O2/c1-25-9-8-23-19(25)13-26-14-21(15-26,11-16-4-6-17(22)7-5-16)20(27)24-12-18-3-2-10-28-18/h4-9,18H,2-3,10-15H2,1H3,(H,24,27). The predicted molar refractivity (Wildman–Crippen MR) is 108 cm³/mol. The summed E-state index contributed by atoms with van der Waals surface area (Å²) in [7, 11) is 2.00. The van der Waals surface area contributed by atoms with Crippen LogP contribution in [0.15, 0.2) is 36.7 Å². The Balaban J connectivity index is 1.43. The van der Waals surface area contributed by atoms with Crippen LogP contribution in [0.1, 0.15) is 24.2 Å². The van der Waals surface area contributed by atoms with Crippen molar-refractivity contribution in [1.82, 2.24) is 19.8 Å². The van der Waals surface area contributed by atoms with E-state index in [1.54, 1.807) is 0 Å². The minimum absolute atomic E-state index is 0.119. The summed E-state index contributed by atoms with van der Waals surface area (Å²) in [5.74, 6) is 1.13. The summed E-state index contributed by atoms with van der Waals surface area (Å²) in [6.45, 7) is 3.60. The molecule has 2 aliphatic rings. The van der Waals surface area contributed by atoms with Gasteiger partial charge in [0.05, 0.1) is 18.1 Å². The van der Waals surface area contributed by atoms with Crippen molar-refractivity contribution < 1.29 is 9.53 Å². The molecule has 28 heavy (non-hydrogen) atoms. The molecule has 1 aromatic carbocycles. The molecule has 1 amide bonds. The Morgan fingerprint density at radius 2 is 2.14 bits per heavy atom. The maximum atomic E-state index is 13.2. The zero-order valence-corrected chi connectivity index (χ0v) is 17.0. The zero-order chi connectivity index (χ0) is 19.6. The number of carbonyl (C=O) groups is 1. The van der Waals surface area contributed by atoms with E-state index in [1.165, 1.54) is 0 Å². The summed E-state index contributed by atoms with van der Waals surface area (Å²) in [6, 6.07) is 7.80. The molecular formula is C21H27ClN4O2. The summed E-state index contributed by atoms with van der Waals surface area (Å²) in [5.41, 5.74) is 0.714. The molecule has 2 aromatic rings. The van der Waals surface area contributed by atoms with Crippen molar-refractivity contribution in [2.45, 2.75) is 31.9 Å². The quantitative estimate of drug-likeness (QED) is 0.772. The van der Waals surface area contributed by atoms with Crippen LogP contribution in [0.4, 0.5) is 0 Å². The van der Waals surface area contributed by atoms with Gasteiger partial charge in [0.25, 0.3) is 0 Å². The highest BCUT2D eigenvalue weighted by Gasteiger charge is 2.49. The number of halogens is 1. The molecule has 2 aliphatic heterocycles. The number of nitrogens with zero attached hydrogens (tertiary/aromatic N) is 3. The second kappa shape index (κ2) is 8.23. The van der Waals surface area contributed by atoms with Crippen LogP contribution >= 0.6 is 11.6 Å². The number of hydrogen-bond acceptors (Lipinski definition) is 4. The van der Waals surface area contributed by atoms with Gasteiger partial charge in [-0.25, -0.2) is 4.98 Å². The minimum atomic E-state index is -0.419. The van der Waals surface area contributed by atoms with Gasteiger partial charge in [0, 0.05) is 50.7 Å². The third-order valence-electron chi connectivity index (χ3n) is 5.79. The van der Waals surface area contributed by atoms with Crippen molar-refractivity contribution in [3.05, 3.63) is 53.1 Å². The number of ether oxygens (including phenoxy) is 1. The maximum absolute atomic E-state index is 13.2. The van der Waals surface area contributed by atoms with Crippen molar-refractivity contribution in [1.29, 1.82) is 0 Å². The lowest BCUT2D eigenvalue weighted by molar-refractivity contribution is -0.143. The van der Waals surface area contributed by atoms with E-state index in [9.17, 15) is 4.79 Å². The third-order valence-corrected chi connectivity index (χ3v) is 6.04. The van der Waals surface area contributed by atoms with Gasteiger partial charge in [0.2, 0.25) is 5.91 Å². The van der Waals surface area contributed by atoms with Crippen LogP contribution < -0.4 is 5.32 Å². The van der Waals surface area contributed by atoms with Crippen LogP contribution in [0.2, 0.25) is 5.02 Å². The van der Waals surface area contributed by atoms with Gasteiger partial charge in [0.15, 0.2) is 0 Å². The van der Waals surface area contributed by atoms with Crippen LogP contribution in [-0.2, 0) is 29.5 Å². The monoisotopic (exact) mass is 402 g/mol. The molecule has 7 heteroatoms. The van der Waals surface area contributed by atoms with E-state index in [-0.39, 0.29) is 12.0 Å². The van der Waals surface area contributed by atoms with Crippen molar-refractivity contribution in [3.63, 3.8) is 0 Å². The number of rotatable bonds is 7. The second-order valence-electron chi connectivity index (χ2n) is 8.03. The fourth-order valence-electron chi connectivity index (χ4n) is 4.20. The van der Waals surface area contributed by atoms with Gasteiger partial charge in [-0.1, -0.05) is 23.7 Å². The highest BCUT2D eigenvalue weighted by Crippen LogP contribution is 2.36. The lowest BCUT2D eigenvalue weighted by Gasteiger charge is -2.49. The molecule has 0 spiro atoms. The van der Waals surface area contributed by atoms with E-state index in [0.29, 0.717) is 18.0 Å². The second-order valence-corrected chi connectivity index (χ2v) is 8.46. The molecule has 0 radical (unpaired) electrons. The molecule has 2 fully saturated rings. The molecular weight excluding hydrogens is 376 g/mol. The van der Waals surface area contributed by atoms with E-state index >= 15 is 0 Å². The normalized spacial score (nSPS) is 21.4. The SMILES string of the molecule is Cn1ccnc1CN1CC(Cc2ccc(Cl)cc2)(C(=O)NCC2CCCO2)C1. The van der Waals surface area contributed by atoms with Crippen LogP contribution in [-0.4, -0.2) is 52.7 Å². The molecule has 150 valence electrons. The molecule has 0 bridgehead atoms. The van der Waals surface area contributed by atoms with Gasteiger partial charge >= 0.3 is 0 Å². The number of benzene rings is 1. The molecule has 4 rings (SSSR count). The topological polar surface area (TPSA) is 59.4 Å². The zero-order valence-electron chi connectivity index (χ0n) is 16.2. The number of hydrogen-bond donors (Lipinski definition) is 1. The molecule has 1 aromatic heterocycles. The first-order valence-corrected chi connectivity index (χ1v) is 10.2. The molecule has 0 aliphatic carbocycles. The summed E-state index contributed by atoms with van der Waals surface area (Å²) >= 11 is 6.02. The first-order chi connectivity index (χ1) is 13.5. The predicted octanol–water partition coefficient (Wildman–Crippen LogP) is 2.41. The molecule has 2 saturated heterocycles. The van der Waals surface area contributed by atoms with Crippen molar-refractivity contribution in [2.24, 2.45) is 12.5 Å². The van der Waals surface area contributed by atoms with Crippen LogP contribution in [0.3, 0.4) is 0 Å². The number of imidazole rings is 1. The van der Waals surface area contributed by atoms with E-state index in [4.69, 9.17) is 16.3 Å². The minimum Gasteiger partial charge on any atom is -0.376 e. The number of nitrogens with one attached hydrogen (secondary N) is 1. The van der Waals surface area contributed by atoms with Gasteiger partial charge in [-0.3, -0.25) is 9.69 Å². The Morgan fingerprint density at radius 3 is 2.79 bits per heavy atom. The largest absolute Gasteiger partial charge is 0.376 e. The fraction of sp³-hybridized carbons (Fsp3) is 0.524. The van der Waals surface area contributed by atoms with E-state index < -0.39 is 5.41 Å².